The van der Waals surface area contributed by atoms with Crippen LogP contribution in [-0.4, -0.2) is 55.0 Å². The Balaban J connectivity index is 1.72. The van der Waals surface area contributed by atoms with Gasteiger partial charge >= 0.3 is 0 Å². The van der Waals surface area contributed by atoms with E-state index in [4.69, 9.17) is 10.2 Å². The fourth-order valence-electron chi connectivity index (χ4n) is 2.82. The zero-order valence-corrected chi connectivity index (χ0v) is 12.1. The van der Waals surface area contributed by atoms with Gasteiger partial charge in [0.15, 0.2) is 5.76 Å². The summed E-state index contributed by atoms with van der Waals surface area (Å²) in [5.41, 5.74) is 6.37. The molecule has 1 aliphatic rings. The molecule has 0 atom stereocenters. The third-order valence-corrected chi connectivity index (χ3v) is 3.96. The Bertz CT molecular complexity index is 590. The molecule has 2 N–H and O–H groups in total. The number of para-hydroxylation sites is 1. The van der Waals surface area contributed by atoms with Crippen molar-refractivity contribution in [2.45, 2.75) is 6.42 Å². The number of amides is 1. The van der Waals surface area contributed by atoms with Crippen LogP contribution in [0.3, 0.4) is 0 Å². The van der Waals surface area contributed by atoms with Crippen molar-refractivity contribution in [3.63, 3.8) is 0 Å². The first-order chi connectivity index (χ1) is 10.3. The summed E-state index contributed by atoms with van der Waals surface area (Å²) in [5.74, 6) is 0.421. The van der Waals surface area contributed by atoms with Crippen molar-refractivity contribution in [1.82, 2.24) is 9.80 Å². The van der Waals surface area contributed by atoms with E-state index in [9.17, 15) is 4.79 Å². The number of carbonyl (C=O) groups is 1. The first kappa shape index (κ1) is 14.1. The molecule has 2 aromatic rings. The normalized spacial score (nSPS) is 17.1. The highest BCUT2D eigenvalue weighted by molar-refractivity contribution is 5.96. The molecule has 0 saturated carbocycles. The lowest BCUT2D eigenvalue weighted by Gasteiger charge is -2.20. The molecule has 5 heteroatoms. The summed E-state index contributed by atoms with van der Waals surface area (Å²) in [6.45, 7) is 4.95. The maximum Gasteiger partial charge on any atom is 0.289 e. The summed E-state index contributed by atoms with van der Waals surface area (Å²) >= 11 is 0. The van der Waals surface area contributed by atoms with Crippen LogP contribution in [-0.2, 0) is 0 Å². The van der Waals surface area contributed by atoms with Crippen LogP contribution in [0.25, 0.3) is 11.0 Å². The maximum atomic E-state index is 12.6. The van der Waals surface area contributed by atoms with Gasteiger partial charge in [0.1, 0.15) is 5.58 Å². The monoisotopic (exact) mass is 287 g/mol. The van der Waals surface area contributed by atoms with Crippen molar-refractivity contribution in [1.29, 1.82) is 0 Å². The third-order valence-electron chi connectivity index (χ3n) is 3.96. The Morgan fingerprint density at radius 1 is 1.19 bits per heavy atom. The number of rotatable bonds is 3. The molecule has 0 radical (unpaired) electrons. The fourth-order valence-corrected chi connectivity index (χ4v) is 2.82. The molecule has 21 heavy (non-hydrogen) atoms. The first-order valence-corrected chi connectivity index (χ1v) is 7.48. The molecule has 1 aliphatic heterocycles. The quantitative estimate of drug-likeness (QED) is 0.930. The standard InChI is InChI=1S/C16H21N3O2/c17-6-9-18-7-3-8-19(11-10-18)16(20)15-12-13-4-1-2-5-14(13)21-15/h1-2,4-5,12H,3,6-11,17H2. The Morgan fingerprint density at radius 2 is 2.05 bits per heavy atom. The highest BCUT2D eigenvalue weighted by Gasteiger charge is 2.22. The van der Waals surface area contributed by atoms with E-state index in [-0.39, 0.29) is 5.91 Å². The van der Waals surface area contributed by atoms with Gasteiger partial charge in [0.2, 0.25) is 0 Å². The summed E-state index contributed by atoms with van der Waals surface area (Å²) in [5, 5.41) is 0.973. The van der Waals surface area contributed by atoms with E-state index < -0.39 is 0 Å². The Labute approximate surface area is 124 Å². The molecule has 1 fully saturated rings. The van der Waals surface area contributed by atoms with Crippen LogP contribution in [0.15, 0.2) is 34.7 Å². The second-order valence-electron chi connectivity index (χ2n) is 5.42. The average molecular weight is 287 g/mol. The van der Waals surface area contributed by atoms with Gasteiger partial charge in [-0.3, -0.25) is 4.79 Å². The van der Waals surface area contributed by atoms with Gasteiger partial charge in [0.25, 0.3) is 5.91 Å². The predicted molar refractivity (Wildman–Crippen MR) is 82.2 cm³/mol. The topological polar surface area (TPSA) is 62.7 Å². The Kier molecular flexibility index (Phi) is 4.22. The highest BCUT2D eigenvalue weighted by Crippen LogP contribution is 2.20. The summed E-state index contributed by atoms with van der Waals surface area (Å²) in [4.78, 5) is 16.8. The van der Waals surface area contributed by atoms with Crippen molar-refractivity contribution in [3.8, 4) is 0 Å². The van der Waals surface area contributed by atoms with E-state index in [1.807, 2.05) is 35.2 Å². The summed E-state index contributed by atoms with van der Waals surface area (Å²) in [6, 6.07) is 9.54. The zero-order valence-electron chi connectivity index (χ0n) is 12.1. The van der Waals surface area contributed by atoms with E-state index in [0.717, 1.165) is 50.1 Å². The van der Waals surface area contributed by atoms with Crippen molar-refractivity contribution in [3.05, 3.63) is 36.1 Å². The second-order valence-corrected chi connectivity index (χ2v) is 5.42. The minimum Gasteiger partial charge on any atom is -0.451 e. The average Bonchev–Trinajstić information content (AvgIpc) is 2.80. The fraction of sp³-hybridized carbons (Fsp3) is 0.438. The van der Waals surface area contributed by atoms with E-state index >= 15 is 0 Å². The number of carbonyl (C=O) groups excluding carboxylic acids is 1. The third kappa shape index (κ3) is 3.09. The molecular weight excluding hydrogens is 266 g/mol. The van der Waals surface area contributed by atoms with Gasteiger partial charge in [-0.1, -0.05) is 18.2 Å². The number of benzene rings is 1. The van der Waals surface area contributed by atoms with E-state index in [1.54, 1.807) is 0 Å². The molecule has 2 heterocycles. The van der Waals surface area contributed by atoms with Gasteiger partial charge in [0.05, 0.1) is 0 Å². The largest absolute Gasteiger partial charge is 0.451 e. The van der Waals surface area contributed by atoms with Crippen molar-refractivity contribution < 1.29 is 9.21 Å². The molecule has 3 rings (SSSR count). The van der Waals surface area contributed by atoms with Gasteiger partial charge in [-0.05, 0) is 25.1 Å². The van der Waals surface area contributed by atoms with Crippen LogP contribution in [0, 0.1) is 0 Å². The van der Waals surface area contributed by atoms with Crippen LogP contribution in [0.5, 0.6) is 0 Å². The zero-order chi connectivity index (χ0) is 14.7. The van der Waals surface area contributed by atoms with Crippen molar-refractivity contribution in [2.75, 3.05) is 39.3 Å². The highest BCUT2D eigenvalue weighted by atomic mass is 16.3. The SMILES string of the molecule is NCCN1CCCN(C(=O)c2cc3ccccc3o2)CC1. The lowest BCUT2D eigenvalue weighted by Crippen LogP contribution is -2.36. The Morgan fingerprint density at radius 3 is 2.86 bits per heavy atom. The lowest BCUT2D eigenvalue weighted by atomic mass is 10.2. The first-order valence-electron chi connectivity index (χ1n) is 7.48. The number of nitrogens with zero attached hydrogens (tertiary/aromatic N) is 2. The van der Waals surface area contributed by atoms with Crippen LogP contribution >= 0.6 is 0 Å². The Hall–Kier alpha value is -1.85. The molecule has 5 nitrogen and oxygen atoms in total. The van der Waals surface area contributed by atoms with Crippen molar-refractivity contribution in [2.24, 2.45) is 5.73 Å². The summed E-state index contributed by atoms with van der Waals surface area (Å²) < 4.78 is 5.67. The van der Waals surface area contributed by atoms with E-state index in [1.165, 1.54) is 0 Å². The molecular formula is C16H21N3O2. The van der Waals surface area contributed by atoms with E-state index in [2.05, 4.69) is 4.90 Å². The number of fused-ring (bicyclic) bond motifs is 1. The number of hydrogen-bond acceptors (Lipinski definition) is 4. The van der Waals surface area contributed by atoms with Gasteiger partial charge < -0.3 is 20.0 Å². The maximum absolute atomic E-state index is 12.6. The second kappa shape index (κ2) is 6.28. The van der Waals surface area contributed by atoms with E-state index in [0.29, 0.717) is 12.3 Å². The minimum absolute atomic E-state index is 0.0131. The molecule has 1 aromatic carbocycles. The molecule has 1 aromatic heterocycles. The lowest BCUT2D eigenvalue weighted by molar-refractivity contribution is 0.0732. The molecule has 0 unspecified atom stereocenters. The van der Waals surface area contributed by atoms with Crippen LogP contribution in [0.2, 0.25) is 0 Å². The molecule has 0 bridgehead atoms. The molecule has 1 amide bonds. The predicted octanol–water partition coefficient (Wildman–Crippen LogP) is 1.54. The molecule has 0 spiro atoms. The van der Waals surface area contributed by atoms with Crippen LogP contribution in [0.4, 0.5) is 0 Å². The summed E-state index contributed by atoms with van der Waals surface area (Å²) in [7, 11) is 0. The van der Waals surface area contributed by atoms with Gasteiger partial charge in [-0.15, -0.1) is 0 Å². The van der Waals surface area contributed by atoms with Crippen molar-refractivity contribution >= 4 is 16.9 Å². The molecule has 112 valence electrons. The van der Waals surface area contributed by atoms with Gasteiger partial charge in [-0.25, -0.2) is 0 Å². The van der Waals surface area contributed by atoms with Crippen LogP contribution in [0.1, 0.15) is 17.0 Å². The number of hydrogen-bond donors (Lipinski definition) is 1. The minimum atomic E-state index is -0.0131. The van der Waals surface area contributed by atoms with Gasteiger partial charge in [0, 0.05) is 38.1 Å². The smallest absolute Gasteiger partial charge is 0.289 e. The molecule has 0 aliphatic carbocycles. The number of nitrogens with two attached hydrogens (primary N) is 1. The number of furan rings is 1. The van der Waals surface area contributed by atoms with Gasteiger partial charge in [-0.2, -0.15) is 0 Å². The summed E-state index contributed by atoms with van der Waals surface area (Å²) in [6.07, 6.45) is 0.978. The van der Waals surface area contributed by atoms with Crippen LogP contribution < -0.4 is 5.73 Å². The molecule has 1 saturated heterocycles.